The number of halogens is 4. The van der Waals surface area contributed by atoms with Crippen molar-refractivity contribution < 1.29 is 35.6 Å². The molecule has 42 heavy (non-hydrogen) atoms. The number of hydrogen-bond donors (Lipinski definition) is 1. The van der Waals surface area contributed by atoms with Gasteiger partial charge in [-0.05, 0) is 68.3 Å². The van der Waals surface area contributed by atoms with Gasteiger partial charge in [0.25, 0.3) is 10.0 Å². The third-order valence-corrected chi connectivity index (χ3v) is 8.40. The molecule has 1 atom stereocenters. The Labute approximate surface area is 243 Å². The molecule has 0 bridgehead atoms. The minimum Gasteiger partial charge on any atom is -0.354 e. The normalized spacial score (nSPS) is 12.5. The molecule has 12 heteroatoms. The summed E-state index contributed by atoms with van der Waals surface area (Å²) >= 11 is 0. The number of rotatable bonds is 12. The van der Waals surface area contributed by atoms with E-state index >= 15 is 0 Å². The molecule has 0 aliphatic rings. The lowest BCUT2D eigenvalue weighted by Gasteiger charge is -2.32. The first-order valence-corrected chi connectivity index (χ1v) is 14.8. The predicted molar refractivity (Wildman–Crippen MR) is 151 cm³/mol. The Bertz CT molecular complexity index is 1480. The molecule has 0 saturated heterocycles. The first-order chi connectivity index (χ1) is 19.7. The molecule has 0 spiro atoms. The number of benzene rings is 3. The summed E-state index contributed by atoms with van der Waals surface area (Å²) in [7, 11) is -4.54. The van der Waals surface area contributed by atoms with Gasteiger partial charge in [0.1, 0.15) is 18.4 Å². The van der Waals surface area contributed by atoms with Crippen LogP contribution in [-0.2, 0) is 32.3 Å². The van der Waals surface area contributed by atoms with Gasteiger partial charge < -0.3 is 10.2 Å². The number of unbranched alkanes of at least 4 members (excludes halogenated alkanes) is 1. The van der Waals surface area contributed by atoms with Crippen LogP contribution in [-0.4, -0.2) is 44.3 Å². The maximum Gasteiger partial charge on any atom is 0.416 e. The van der Waals surface area contributed by atoms with E-state index in [9.17, 15) is 35.6 Å². The molecule has 0 fully saturated rings. The summed E-state index contributed by atoms with van der Waals surface area (Å²) in [4.78, 5) is 27.7. The van der Waals surface area contributed by atoms with Gasteiger partial charge in [0, 0.05) is 13.1 Å². The molecular formula is C30H33F4N3O4S. The smallest absolute Gasteiger partial charge is 0.354 e. The average molecular weight is 608 g/mol. The van der Waals surface area contributed by atoms with Gasteiger partial charge in [-0.25, -0.2) is 12.8 Å². The minimum absolute atomic E-state index is 0.178. The van der Waals surface area contributed by atoms with Crippen molar-refractivity contribution in [3.05, 3.63) is 95.3 Å². The van der Waals surface area contributed by atoms with Crippen molar-refractivity contribution in [2.24, 2.45) is 0 Å². The van der Waals surface area contributed by atoms with Crippen LogP contribution in [0.25, 0.3) is 0 Å². The highest BCUT2D eigenvalue weighted by molar-refractivity contribution is 7.92. The number of sulfonamides is 1. The van der Waals surface area contributed by atoms with Crippen LogP contribution in [0.4, 0.5) is 23.2 Å². The van der Waals surface area contributed by atoms with E-state index in [2.05, 4.69) is 5.32 Å². The largest absolute Gasteiger partial charge is 0.416 e. The average Bonchev–Trinajstić information content (AvgIpc) is 2.95. The number of aryl methyl sites for hydroxylation is 1. The van der Waals surface area contributed by atoms with Gasteiger partial charge in [0.15, 0.2) is 0 Å². The highest BCUT2D eigenvalue weighted by Crippen LogP contribution is 2.33. The van der Waals surface area contributed by atoms with Crippen molar-refractivity contribution in [3.63, 3.8) is 0 Å². The predicted octanol–water partition coefficient (Wildman–Crippen LogP) is 5.68. The topological polar surface area (TPSA) is 86.8 Å². The van der Waals surface area contributed by atoms with Gasteiger partial charge in [-0.3, -0.25) is 13.9 Å². The summed E-state index contributed by atoms with van der Waals surface area (Å²) in [6.45, 7) is 4.43. The fraction of sp³-hybridized carbons (Fsp3) is 0.333. The molecule has 0 radical (unpaired) electrons. The lowest BCUT2D eigenvalue weighted by atomic mass is 10.1. The van der Waals surface area contributed by atoms with E-state index in [1.54, 1.807) is 6.92 Å². The molecule has 0 unspecified atom stereocenters. The lowest BCUT2D eigenvalue weighted by Crippen LogP contribution is -2.51. The Morgan fingerprint density at radius 2 is 1.62 bits per heavy atom. The van der Waals surface area contributed by atoms with Crippen LogP contribution in [0.1, 0.15) is 43.4 Å². The number of nitrogens with zero attached hydrogens (tertiary/aromatic N) is 2. The van der Waals surface area contributed by atoms with Crippen molar-refractivity contribution in [2.75, 3.05) is 17.4 Å². The van der Waals surface area contributed by atoms with E-state index in [1.807, 2.05) is 6.92 Å². The molecule has 0 aliphatic heterocycles. The van der Waals surface area contributed by atoms with Crippen LogP contribution < -0.4 is 9.62 Å². The Kier molecular flexibility index (Phi) is 10.7. The molecule has 3 aromatic carbocycles. The molecule has 2 amide bonds. The first kappa shape index (κ1) is 32.6. The number of carbonyl (C=O) groups excluding carboxylic acids is 2. The standard InChI is InChI=1S/C30H33F4N3O4S/c1-4-5-17-35-29(39)22(3)36(19-23-11-13-25(31)14-12-23)28(38)20-37(26-8-6-7-24(18-26)30(32,33)34)42(40,41)27-15-9-21(2)10-16-27/h6-16,18,22H,4-5,17,19-20H2,1-3H3,(H,35,39)/t22-/m1/s1. The highest BCUT2D eigenvalue weighted by Gasteiger charge is 2.35. The summed E-state index contributed by atoms with van der Waals surface area (Å²) in [6, 6.07) is 13.5. The van der Waals surface area contributed by atoms with Gasteiger partial charge in [-0.1, -0.05) is 49.2 Å². The minimum atomic E-state index is -4.76. The maximum atomic E-state index is 13.8. The quantitative estimate of drug-likeness (QED) is 0.212. The summed E-state index contributed by atoms with van der Waals surface area (Å²) in [5, 5.41) is 2.73. The van der Waals surface area contributed by atoms with Gasteiger partial charge in [0.2, 0.25) is 11.8 Å². The summed E-state index contributed by atoms with van der Waals surface area (Å²) in [5.41, 5.74) is -0.252. The molecule has 0 heterocycles. The number of hydrogen-bond acceptors (Lipinski definition) is 4. The molecule has 226 valence electrons. The van der Waals surface area contributed by atoms with E-state index in [0.717, 1.165) is 29.0 Å². The summed E-state index contributed by atoms with van der Waals surface area (Å²) in [6.07, 6.45) is -3.25. The van der Waals surface area contributed by atoms with Crippen LogP contribution in [0.15, 0.2) is 77.7 Å². The monoisotopic (exact) mass is 607 g/mol. The van der Waals surface area contributed by atoms with Crippen LogP contribution in [0, 0.1) is 12.7 Å². The fourth-order valence-electron chi connectivity index (χ4n) is 4.11. The van der Waals surface area contributed by atoms with Crippen molar-refractivity contribution >= 4 is 27.5 Å². The molecule has 3 rings (SSSR count). The van der Waals surface area contributed by atoms with E-state index in [1.165, 1.54) is 61.5 Å². The second-order valence-electron chi connectivity index (χ2n) is 9.84. The van der Waals surface area contributed by atoms with Gasteiger partial charge in [0.05, 0.1) is 16.1 Å². The van der Waals surface area contributed by atoms with Crippen LogP contribution in [0.5, 0.6) is 0 Å². The third kappa shape index (κ3) is 8.31. The van der Waals surface area contributed by atoms with Gasteiger partial charge in [-0.15, -0.1) is 0 Å². The highest BCUT2D eigenvalue weighted by atomic mass is 32.2. The Morgan fingerprint density at radius 3 is 2.21 bits per heavy atom. The van der Waals surface area contributed by atoms with Crippen molar-refractivity contribution in [2.45, 2.75) is 57.3 Å². The second kappa shape index (κ2) is 13.8. The lowest BCUT2D eigenvalue weighted by molar-refractivity contribution is -0.139. The number of nitrogens with one attached hydrogen (secondary N) is 1. The maximum absolute atomic E-state index is 13.8. The van der Waals surface area contributed by atoms with Crippen molar-refractivity contribution in [1.82, 2.24) is 10.2 Å². The third-order valence-electron chi connectivity index (χ3n) is 6.61. The van der Waals surface area contributed by atoms with Crippen LogP contribution in [0.3, 0.4) is 0 Å². The SMILES string of the molecule is CCCCNC(=O)[C@@H](C)N(Cc1ccc(F)cc1)C(=O)CN(c1cccc(C(F)(F)F)c1)S(=O)(=O)c1ccc(C)cc1. The molecule has 0 aliphatic carbocycles. The zero-order valence-electron chi connectivity index (χ0n) is 23.5. The fourth-order valence-corrected chi connectivity index (χ4v) is 5.51. The Balaban J connectivity index is 2.06. The van der Waals surface area contributed by atoms with Crippen molar-refractivity contribution in [3.8, 4) is 0 Å². The molecule has 0 saturated carbocycles. The Morgan fingerprint density at radius 1 is 0.976 bits per heavy atom. The second-order valence-corrected chi connectivity index (χ2v) is 11.7. The summed E-state index contributed by atoms with van der Waals surface area (Å²) < 4.78 is 82.4. The number of alkyl halides is 3. The van der Waals surface area contributed by atoms with E-state index in [0.29, 0.717) is 28.9 Å². The van der Waals surface area contributed by atoms with Gasteiger partial charge in [-0.2, -0.15) is 13.2 Å². The van der Waals surface area contributed by atoms with E-state index < -0.39 is 52.0 Å². The molecule has 3 aromatic rings. The molecular weight excluding hydrogens is 574 g/mol. The van der Waals surface area contributed by atoms with Gasteiger partial charge >= 0.3 is 6.18 Å². The van der Waals surface area contributed by atoms with E-state index in [4.69, 9.17) is 0 Å². The zero-order chi connectivity index (χ0) is 31.1. The Hall–Kier alpha value is -3.93. The van der Waals surface area contributed by atoms with Crippen LogP contribution in [0.2, 0.25) is 0 Å². The number of carbonyl (C=O) groups is 2. The first-order valence-electron chi connectivity index (χ1n) is 13.3. The van der Waals surface area contributed by atoms with E-state index in [-0.39, 0.29) is 17.1 Å². The molecule has 7 nitrogen and oxygen atoms in total. The molecule has 1 N–H and O–H groups in total. The summed E-state index contributed by atoms with van der Waals surface area (Å²) in [5.74, 6) is -1.85. The molecule has 0 aromatic heterocycles. The van der Waals surface area contributed by atoms with Crippen LogP contribution >= 0.6 is 0 Å². The number of anilines is 1. The van der Waals surface area contributed by atoms with Crippen molar-refractivity contribution in [1.29, 1.82) is 0 Å². The zero-order valence-corrected chi connectivity index (χ0v) is 24.3. The number of amides is 2.